The predicted molar refractivity (Wildman–Crippen MR) is 146 cm³/mol. The Balaban J connectivity index is 1.43. The molecule has 1 aromatic rings. The van der Waals surface area contributed by atoms with Crippen molar-refractivity contribution in [1.82, 2.24) is 15.5 Å². The Kier molecular flexibility index (Phi) is 7.94. The van der Waals surface area contributed by atoms with Crippen molar-refractivity contribution in [3.05, 3.63) is 35.4 Å². The summed E-state index contributed by atoms with van der Waals surface area (Å²) in [6.07, 6.45) is 2.77. The molecule has 1 aromatic carbocycles. The highest BCUT2D eigenvalue weighted by molar-refractivity contribution is 7.99. The number of hydrogen-bond donors (Lipinski definition) is 7. The van der Waals surface area contributed by atoms with Gasteiger partial charge < -0.3 is 46.4 Å². The third-order valence-electron chi connectivity index (χ3n) is 8.69. The third-order valence-corrected chi connectivity index (χ3v) is 10.1. The molecule has 0 radical (unpaired) electrons. The van der Waals surface area contributed by atoms with Crippen LogP contribution in [0.4, 0.5) is 0 Å². The van der Waals surface area contributed by atoms with Crippen molar-refractivity contribution in [3.63, 3.8) is 0 Å². The zero-order valence-corrected chi connectivity index (χ0v) is 23.2. The highest BCUT2D eigenvalue weighted by Gasteiger charge is 2.66. The van der Waals surface area contributed by atoms with Gasteiger partial charge >= 0.3 is 11.9 Å². The molecule has 13 nitrogen and oxygen atoms in total. The molecule has 1 saturated heterocycles. The first-order valence-electron chi connectivity index (χ1n) is 13.4. The van der Waals surface area contributed by atoms with Crippen LogP contribution in [0.1, 0.15) is 35.6 Å². The van der Waals surface area contributed by atoms with Crippen molar-refractivity contribution in [3.8, 4) is 11.5 Å². The molecular weight excluding hydrogens is 556 g/mol. The van der Waals surface area contributed by atoms with E-state index in [1.807, 2.05) is 19.2 Å². The van der Waals surface area contributed by atoms with Gasteiger partial charge in [-0.1, -0.05) is 18.2 Å². The molecule has 0 aromatic heterocycles. The van der Waals surface area contributed by atoms with Crippen molar-refractivity contribution < 1.29 is 44.3 Å². The monoisotopic (exact) mass is 590 g/mol. The van der Waals surface area contributed by atoms with E-state index in [0.717, 1.165) is 24.1 Å². The number of rotatable bonds is 11. The maximum absolute atomic E-state index is 13.0. The topological polar surface area (TPSA) is 212 Å². The number of likely N-dealkylation sites (N-methyl/N-ethyl adjacent to an activating group) is 1. The number of carbonyl (C=O) groups is 4. The lowest BCUT2D eigenvalue weighted by Gasteiger charge is -2.58. The van der Waals surface area contributed by atoms with Gasteiger partial charge in [-0.3, -0.25) is 19.2 Å². The van der Waals surface area contributed by atoms with Crippen LogP contribution < -0.4 is 21.1 Å². The van der Waals surface area contributed by atoms with E-state index in [0.29, 0.717) is 5.75 Å². The lowest BCUT2D eigenvalue weighted by molar-refractivity contribution is -0.139. The molecule has 2 heterocycles. The van der Waals surface area contributed by atoms with Gasteiger partial charge in [-0.2, -0.15) is 0 Å². The van der Waals surface area contributed by atoms with E-state index in [2.05, 4.69) is 15.5 Å². The maximum atomic E-state index is 13.0. The summed E-state index contributed by atoms with van der Waals surface area (Å²) in [5, 5.41) is 44.3. The number of aliphatic hydroxyl groups excluding tert-OH is 1. The quantitative estimate of drug-likeness (QED) is 0.160. The van der Waals surface area contributed by atoms with E-state index in [1.165, 1.54) is 11.8 Å². The van der Waals surface area contributed by atoms with Crippen molar-refractivity contribution in [2.45, 2.75) is 60.3 Å². The number of piperidine rings is 1. The number of carbonyl (C=O) groups excluding carboxylic acids is 2. The normalized spacial score (nSPS) is 30.5. The summed E-state index contributed by atoms with van der Waals surface area (Å²) in [4.78, 5) is 50.0. The van der Waals surface area contributed by atoms with Gasteiger partial charge in [0, 0.05) is 40.4 Å². The van der Waals surface area contributed by atoms with Crippen LogP contribution in [0, 0.1) is 5.92 Å². The SMILES string of the molecule is CN1CCC23c4c5ccc(O)c4OC2C(O)C=CC3C1C5SCC(NC(=O)CCC(N)C(=O)O)C(=O)NCC(=O)O. The highest BCUT2D eigenvalue weighted by Crippen LogP contribution is 2.66. The number of thioether (sulfide) groups is 1. The fourth-order valence-electron chi connectivity index (χ4n) is 6.81. The van der Waals surface area contributed by atoms with Gasteiger partial charge in [0.25, 0.3) is 0 Å². The number of nitrogens with two attached hydrogens (primary N) is 1. The number of aliphatic hydroxyl groups is 1. The van der Waals surface area contributed by atoms with Crippen LogP contribution in [0.2, 0.25) is 0 Å². The summed E-state index contributed by atoms with van der Waals surface area (Å²) in [7, 11) is 2.02. The highest BCUT2D eigenvalue weighted by atomic mass is 32.2. The molecule has 2 aliphatic carbocycles. The average molecular weight is 591 g/mol. The van der Waals surface area contributed by atoms with Crippen LogP contribution in [-0.2, 0) is 24.6 Å². The molecule has 4 aliphatic rings. The van der Waals surface area contributed by atoms with Crippen molar-refractivity contribution in [1.29, 1.82) is 0 Å². The van der Waals surface area contributed by atoms with E-state index in [4.69, 9.17) is 20.7 Å². The number of ether oxygens (including phenoxy) is 1. The molecule has 8 atom stereocenters. The Hall–Kier alpha value is -3.33. The van der Waals surface area contributed by atoms with Gasteiger partial charge in [0.05, 0.1) is 0 Å². The minimum Gasteiger partial charge on any atom is -0.504 e. The Labute approximate surface area is 240 Å². The maximum Gasteiger partial charge on any atom is 0.322 e. The van der Waals surface area contributed by atoms with Gasteiger partial charge in [0.1, 0.15) is 30.8 Å². The Bertz CT molecular complexity index is 1290. The number of aliphatic carboxylic acids is 2. The lowest BCUT2D eigenvalue weighted by Crippen LogP contribution is -2.65. The molecule has 8 unspecified atom stereocenters. The summed E-state index contributed by atoms with van der Waals surface area (Å²) < 4.78 is 6.23. The molecule has 1 fully saturated rings. The van der Waals surface area contributed by atoms with Crippen LogP contribution in [0.15, 0.2) is 24.3 Å². The van der Waals surface area contributed by atoms with Gasteiger partial charge in [-0.15, -0.1) is 11.8 Å². The number of benzene rings is 1. The second kappa shape index (κ2) is 11.2. The predicted octanol–water partition coefficient (Wildman–Crippen LogP) is -0.692. The van der Waals surface area contributed by atoms with Gasteiger partial charge in [0.2, 0.25) is 11.8 Å². The van der Waals surface area contributed by atoms with Crippen LogP contribution in [0.5, 0.6) is 11.5 Å². The summed E-state index contributed by atoms with van der Waals surface area (Å²) in [5.74, 6) is -3.34. The van der Waals surface area contributed by atoms with Gasteiger partial charge in [0.15, 0.2) is 11.5 Å². The lowest BCUT2D eigenvalue weighted by atomic mass is 9.53. The Morgan fingerprint density at radius 2 is 2.00 bits per heavy atom. The molecule has 2 aliphatic heterocycles. The number of likely N-dealkylation sites (tertiary alicyclic amines) is 1. The van der Waals surface area contributed by atoms with E-state index in [1.54, 1.807) is 12.1 Å². The van der Waals surface area contributed by atoms with Crippen LogP contribution in [0.3, 0.4) is 0 Å². The van der Waals surface area contributed by atoms with Crippen LogP contribution in [0.25, 0.3) is 0 Å². The first-order chi connectivity index (χ1) is 19.5. The summed E-state index contributed by atoms with van der Waals surface area (Å²) in [5.41, 5.74) is 6.78. The number of amides is 2. The fraction of sp³-hybridized carbons (Fsp3) is 0.556. The number of phenols is 1. The standard InChI is InChI=1S/C27H34N4O9S/c1-31-9-8-27-13-3-6-17(33)24(27)40-22-16(32)5-2-12(20(22)27)23(21(13)31)41-11-15(25(37)29-10-19(35)36)30-18(34)7-4-14(28)26(38)39/h2-3,5-6,13-15,17,21,23-24,32-33H,4,7-11,28H2,1H3,(H,29,37)(H,30,34)(H,35,36)(H,38,39). The molecule has 14 heteroatoms. The van der Waals surface area contributed by atoms with E-state index < -0.39 is 60.0 Å². The summed E-state index contributed by atoms with van der Waals surface area (Å²) >= 11 is 1.42. The molecule has 41 heavy (non-hydrogen) atoms. The zero-order chi connectivity index (χ0) is 29.6. The molecule has 2 bridgehead atoms. The van der Waals surface area contributed by atoms with Crippen LogP contribution >= 0.6 is 11.8 Å². The number of hydrogen-bond acceptors (Lipinski definition) is 10. The Morgan fingerprint density at radius 3 is 2.71 bits per heavy atom. The van der Waals surface area contributed by atoms with E-state index >= 15 is 0 Å². The molecule has 1 spiro atoms. The van der Waals surface area contributed by atoms with E-state index in [-0.39, 0.29) is 41.6 Å². The van der Waals surface area contributed by atoms with Crippen LogP contribution in [-0.4, -0.2) is 105 Å². The molecule has 0 saturated carbocycles. The Morgan fingerprint density at radius 1 is 1.24 bits per heavy atom. The molecule has 2 amide bonds. The number of nitrogens with one attached hydrogen (secondary N) is 2. The largest absolute Gasteiger partial charge is 0.504 e. The van der Waals surface area contributed by atoms with Crippen molar-refractivity contribution in [2.75, 3.05) is 25.9 Å². The summed E-state index contributed by atoms with van der Waals surface area (Å²) in [6, 6.07) is 1.02. The van der Waals surface area contributed by atoms with Crippen molar-refractivity contribution in [2.24, 2.45) is 11.7 Å². The van der Waals surface area contributed by atoms with Crippen molar-refractivity contribution >= 4 is 35.5 Å². The molecule has 8 N–H and O–H groups in total. The number of phenolic OH excluding ortho intramolecular Hbond substituents is 1. The number of aromatic hydroxyl groups is 1. The minimum atomic E-state index is -1.24. The minimum absolute atomic E-state index is 0.00244. The number of nitrogens with zero attached hydrogens (tertiary/aromatic N) is 1. The first kappa shape index (κ1) is 29.2. The smallest absolute Gasteiger partial charge is 0.322 e. The second-order valence-electron chi connectivity index (χ2n) is 11.0. The molecular formula is C27H34N4O9S. The zero-order valence-electron chi connectivity index (χ0n) is 22.4. The number of carboxylic acids is 2. The second-order valence-corrected chi connectivity index (χ2v) is 12.2. The summed E-state index contributed by atoms with van der Waals surface area (Å²) in [6.45, 7) is 0.0900. The van der Waals surface area contributed by atoms with Gasteiger partial charge in [-0.25, -0.2) is 0 Å². The molecule has 5 rings (SSSR count). The first-order valence-corrected chi connectivity index (χ1v) is 14.5. The number of carboxylic acid groups (broad SMARTS) is 2. The third kappa shape index (κ3) is 5.02. The molecule has 222 valence electrons. The average Bonchev–Trinajstić information content (AvgIpc) is 3.29. The van der Waals surface area contributed by atoms with Gasteiger partial charge in [-0.05, 0) is 38.1 Å². The van der Waals surface area contributed by atoms with E-state index in [9.17, 15) is 29.4 Å². The fourth-order valence-corrected chi connectivity index (χ4v) is 8.39.